The third kappa shape index (κ3) is 6.38. The second-order valence-corrected chi connectivity index (χ2v) is 4.33. The lowest BCUT2D eigenvalue weighted by Gasteiger charge is -2.04. The molecule has 1 N–H and O–H groups in total. The molecule has 6 heteroatoms. The number of aryl methyl sites for hydroxylation is 2. The van der Waals surface area contributed by atoms with Gasteiger partial charge in [0, 0.05) is 5.56 Å². The zero-order chi connectivity index (χ0) is 15.7. The van der Waals surface area contributed by atoms with Crippen LogP contribution in [0.25, 0.3) is 0 Å². The van der Waals surface area contributed by atoms with Crippen LogP contribution in [0.1, 0.15) is 17.3 Å². The first kappa shape index (κ1) is 16.4. The van der Waals surface area contributed by atoms with Crippen molar-refractivity contribution in [2.45, 2.75) is 13.5 Å². The predicted molar refractivity (Wildman–Crippen MR) is 75.1 cm³/mol. The standard InChI is InChI=1S/C9H9NO3.C6H11N2/c11-8(12)6-10-9(13)7-4-2-1-3-5-7;1-3-8-5-4-7(2)6-8/h1-5H,6H2,(H,10,13)(H,11,12);4-6H,3H2,1-2H3/q;+1/p-1. The van der Waals surface area contributed by atoms with Gasteiger partial charge in [0.1, 0.15) is 12.4 Å². The second kappa shape index (κ2) is 8.52. The monoisotopic (exact) mass is 289 g/mol. The predicted octanol–water partition coefficient (Wildman–Crippen LogP) is -0.501. The van der Waals surface area contributed by atoms with E-state index in [0.29, 0.717) is 5.56 Å². The molecule has 112 valence electrons. The summed E-state index contributed by atoms with van der Waals surface area (Å²) >= 11 is 0. The van der Waals surface area contributed by atoms with Crippen LogP contribution in [-0.2, 0) is 18.4 Å². The van der Waals surface area contributed by atoms with Gasteiger partial charge in [-0.05, 0) is 19.1 Å². The molecule has 1 amide bonds. The van der Waals surface area contributed by atoms with Gasteiger partial charge in [0.15, 0.2) is 0 Å². The number of carboxylic acids is 1. The molecule has 0 radical (unpaired) electrons. The van der Waals surface area contributed by atoms with Crippen LogP contribution >= 0.6 is 0 Å². The van der Waals surface area contributed by atoms with Gasteiger partial charge in [-0.15, -0.1) is 0 Å². The Balaban J connectivity index is 0.000000235. The number of aromatic nitrogens is 2. The molecule has 0 spiro atoms. The normalized spacial score (nSPS) is 9.43. The SMILES string of the molecule is CCn1cc[n+](C)c1.O=C([O-])CNC(=O)c1ccccc1. The number of hydrogen-bond donors (Lipinski definition) is 1. The van der Waals surface area contributed by atoms with Gasteiger partial charge in [-0.1, -0.05) is 18.2 Å². The van der Waals surface area contributed by atoms with Crippen molar-refractivity contribution in [2.75, 3.05) is 6.54 Å². The van der Waals surface area contributed by atoms with Crippen LogP contribution in [0.15, 0.2) is 49.1 Å². The number of carboxylic acid groups (broad SMARTS) is 1. The molecule has 6 nitrogen and oxygen atoms in total. The lowest BCUT2D eigenvalue weighted by atomic mass is 10.2. The van der Waals surface area contributed by atoms with Gasteiger partial charge in [-0.3, -0.25) is 4.79 Å². The fourth-order valence-corrected chi connectivity index (χ4v) is 1.53. The maximum atomic E-state index is 11.1. The highest BCUT2D eigenvalue weighted by Gasteiger charge is 2.02. The summed E-state index contributed by atoms with van der Waals surface area (Å²) in [4.78, 5) is 21.2. The van der Waals surface area contributed by atoms with Crippen molar-refractivity contribution in [1.29, 1.82) is 0 Å². The molecule has 2 aromatic rings. The summed E-state index contributed by atoms with van der Waals surface area (Å²) < 4.78 is 4.16. The topological polar surface area (TPSA) is 78.0 Å². The zero-order valence-electron chi connectivity index (χ0n) is 12.2. The molecule has 0 unspecified atom stereocenters. The van der Waals surface area contributed by atoms with Gasteiger partial charge in [-0.25, -0.2) is 9.13 Å². The quantitative estimate of drug-likeness (QED) is 0.771. The maximum absolute atomic E-state index is 11.1. The van der Waals surface area contributed by atoms with Crippen LogP contribution in [0.2, 0.25) is 0 Å². The number of nitrogens with zero attached hydrogens (tertiary/aromatic N) is 2. The van der Waals surface area contributed by atoms with E-state index < -0.39 is 18.4 Å². The lowest BCUT2D eigenvalue weighted by molar-refractivity contribution is -0.671. The van der Waals surface area contributed by atoms with Crippen molar-refractivity contribution in [3.05, 3.63) is 54.6 Å². The van der Waals surface area contributed by atoms with E-state index in [4.69, 9.17) is 0 Å². The van der Waals surface area contributed by atoms with Gasteiger partial charge in [-0.2, -0.15) is 0 Å². The van der Waals surface area contributed by atoms with Crippen molar-refractivity contribution in [2.24, 2.45) is 7.05 Å². The third-order valence-corrected chi connectivity index (χ3v) is 2.62. The summed E-state index contributed by atoms with van der Waals surface area (Å²) in [5, 5.41) is 12.2. The fourth-order valence-electron chi connectivity index (χ4n) is 1.53. The first-order chi connectivity index (χ1) is 10.0. The lowest BCUT2D eigenvalue weighted by Crippen LogP contribution is -2.37. The highest BCUT2D eigenvalue weighted by molar-refractivity contribution is 5.95. The van der Waals surface area contributed by atoms with E-state index in [1.165, 1.54) is 0 Å². The highest BCUT2D eigenvalue weighted by atomic mass is 16.4. The Morgan fingerprint density at radius 3 is 2.38 bits per heavy atom. The van der Waals surface area contributed by atoms with E-state index in [-0.39, 0.29) is 0 Å². The number of aliphatic carboxylic acids is 1. The Labute approximate surface area is 123 Å². The number of rotatable bonds is 4. The van der Waals surface area contributed by atoms with Crippen LogP contribution in [0.3, 0.4) is 0 Å². The molecule has 0 bridgehead atoms. The number of benzene rings is 1. The summed E-state index contributed by atoms with van der Waals surface area (Å²) in [6.07, 6.45) is 6.14. The molecule has 0 fully saturated rings. The van der Waals surface area contributed by atoms with Crippen LogP contribution in [0.5, 0.6) is 0 Å². The van der Waals surface area contributed by atoms with Crippen molar-refractivity contribution in [3.63, 3.8) is 0 Å². The molecular formula is C15H19N3O3. The Morgan fingerprint density at radius 1 is 1.29 bits per heavy atom. The van der Waals surface area contributed by atoms with Crippen molar-refractivity contribution in [1.82, 2.24) is 9.88 Å². The summed E-state index contributed by atoms with van der Waals surface area (Å²) in [7, 11) is 2.02. The summed E-state index contributed by atoms with van der Waals surface area (Å²) in [5.41, 5.74) is 0.434. The molecule has 0 atom stereocenters. The largest absolute Gasteiger partial charge is 0.548 e. The Kier molecular flexibility index (Phi) is 6.67. The minimum Gasteiger partial charge on any atom is -0.548 e. The fraction of sp³-hybridized carbons (Fsp3) is 0.267. The van der Waals surface area contributed by atoms with E-state index in [1.807, 2.05) is 17.8 Å². The van der Waals surface area contributed by atoms with Crippen molar-refractivity contribution in [3.8, 4) is 0 Å². The van der Waals surface area contributed by atoms with Gasteiger partial charge in [0.05, 0.1) is 26.1 Å². The highest BCUT2D eigenvalue weighted by Crippen LogP contribution is 1.96. The zero-order valence-corrected chi connectivity index (χ0v) is 12.2. The van der Waals surface area contributed by atoms with Crippen LogP contribution in [0.4, 0.5) is 0 Å². The Bertz CT molecular complexity index is 579. The maximum Gasteiger partial charge on any atom is 0.251 e. The van der Waals surface area contributed by atoms with Crippen LogP contribution in [0, 0.1) is 0 Å². The van der Waals surface area contributed by atoms with E-state index in [0.717, 1.165) is 6.54 Å². The minimum atomic E-state index is -1.30. The molecule has 1 heterocycles. The number of carbonyl (C=O) groups is 2. The number of imidazole rings is 1. The minimum absolute atomic E-state index is 0.412. The molecule has 0 aliphatic heterocycles. The van der Waals surface area contributed by atoms with Gasteiger partial charge in [0.25, 0.3) is 5.91 Å². The Morgan fingerprint density at radius 2 is 1.95 bits per heavy atom. The van der Waals surface area contributed by atoms with E-state index >= 15 is 0 Å². The summed E-state index contributed by atoms with van der Waals surface area (Å²) in [6, 6.07) is 8.38. The summed E-state index contributed by atoms with van der Waals surface area (Å²) in [5.74, 6) is -1.71. The molecule has 0 saturated carbocycles. The molecule has 1 aromatic heterocycles. The first-order valence-electron chi connectivity index (χ1n) is 6.57. The van der Waals surface area contributed by atoms with Gasteiger partial charge < -0.3 is 15.2 Å². The first-order valence-corrected chi connectivity index (χ1v) is 6.57. The average Bonchev–Trinajstić information content (AvgIpc) is 2.92. The Hall–Kier alpha value is -2.63. The number of hydrogen-bond acceptors (Lipinski definition) is 3. The molecule has 0 saturated heterocycles. The molecule has 0 aliphatic carbocycles. The number of amides is 1. The molecule has 2 rings (SSSR count). The van der Waals surface area contributed by atoms with E-state index in [2.05, 4.69) is 29.3 Å². The second-order valence-electron chi connectivity index (χ2n) is 4.33. The molecule has 0 aliphatic rings. The van der Waals surface area contributed by atoms with Gasteiger partial charge >= 0.3 is 0 Å². The average molecular weight is 289 g/mol. The van der Waals surface area contributed by atoms with Crippen molar-refractivity contribution >= 4 is 11.9 Å². The number of carbonyl (C=O) groups excluding carboxylic acids is 2. The van der Waals surface area contributed by atoms with E-state index in [1.54, 1.807) is 30.3 Å². The smallest absolute Gasteiger partial charge is 0.251 e. The van der Waals surface area contributed by atoms with Crippen LogP contribution in [-0.4, -0.2) is 23.0 Å². The van der Waals surface area contributed by atoms with E-state index in [9.17, 15) is 14.7 Å². The van der Waals surface area contributed by atoms with Crippen LogP contribution < -0.4 is 15.0 Å². The van der Waals surface area contributed by atoms with Gasteiger partial charge in [0.2, 0.25) is 6.33 Å². The molecular weight excluding hydrogens is 270 g/mol. The summed E-state index contributed by atoms with van der Waals surface area (Å²) in [6.45, 7) is 2.72. The molecule has 1 aromatic carbocycles. The third-order valence-electron chi connectivity index (χ3n) is 2.62. The number of nitrogens with one attached hydrogen (secondary N) is 1. The molecule has 21 heavy (non-hydrogen) atoms. The van der Waals surface area contributed by atoms with Crippen molar-refractivity contribution < 1.29 is 19.3 Å².